The number of aryl methyl sites for hydroxylation is 1. The Morgan fingerprint density at radius 2 is 1.92 bits per heavy atom. The van der Waals surface area contributed by atoms with Crippen LogP contribution < -0.4 is 5.56 Å². The van der Waals surface area contributed by atoms with Crippen molar-refractivity contribution in [3.63, 3.8) is 0 Å². The molecular weight excluding hydrogens is 335 g/mol. The topological polar surface area (TPSA) is 60.1 Å². The van der Waals surface area contributed by atoms with Crippen LogP contribution in [0.15, 0.2) is 53.8 Å². The average Bonchev–Trinajstić information content (AvgIpc) is 3.10. The SMILES string of the molecule is Cc1ccn(-c2ccc(F)cc2)c(=O)c1C(=O)N1CCn2cncc2C1. The number of amides is 1. The molecule has 0 bridgehead atoms. The van der Waals surface area contributed by atoms with Gasteiger partial charge in [-0.05, 0) is 42.8 Å². The van der Waals surface area contributed by atoms with E-state index in [2.05, 4.69) is 4.98 Å². The minimum Gasteiger partial charge on any atom is -0.331 e. The summed E-state index contributed by atoms with van der Waals surface area (Å²) in [6, 6.07) is 7.33. The lowest BCUT2D eigenvalue weighted by atomic mass is 10.1. The Hall–Kier alpha value is -3.22. The van der Waals surface area contributed by atoms with Gasteiger partial charge in [-0.25, -0.2) is 9.37 Å². The normalized spacial score (nSPS) is 13.5. The number of nitrogens with zero attached hydrogens (tertiary/aromatic N) is 4. The predicted octanol–water partition coefficient (Wildman–Crippen LogP) is 2.14. The van der Waals surface area contributed by atoms with Crippen molar-refractivity contribution in [2.24, 2.45) is 0 Å². The van der Waals surface area contributed by atoms with E-state index >= 15 is 0 Å². The van der Waals surface area contributed by atoms with Gasteiger partial charge >= 0.3 is 0 Å². The van der Waals surface area contributed by atoms with Gasteiger partial charge in [0.1, 0.15) is 11.4 Å². The van der Waals surface area contributed by atoms with Crippen molar-refractivity contribution in [3.05, 3.63) is 82.0 Å². The van der Waals surface area contributed by atoms with Crippen molar-refractivity contribution in [1.82, 2.24) is 19.0 Å². The van der Waals surface area contributed by atoms with Gasteiger partial charge in [0.2, 0.25) is 0 Å². The van der Waals surface area contributed by atoms with Crippen LogP contribution in [0, 0.1) is 12.7 Å². The Bertz CT molecular complexity index is 1040. The minimum absolute atomic E-state index is 0.143. The Morgan fingerprint density at radius 1 is 1.15 bits per heavy atom. The van der Waals surface area contributed by atoms with Crippen molar-refractivity contribution in [3.8, 4) is 5.69 Å². The minimum atomic E-state index is -0.402. The van der Waals surface area contributed by atoms with Gasteiger partial charge in [0, 0.05) is 31.2 Å². The standard InChI is InChI=1S/C19H17FN4O2/c1-13-6-7-24(15-4-2-14(20)3-5-15)19(26)17(13)18(25)22-8-9-23-12-21-10-16(23)11-22/h2-7,10,12H,8-9,11H2,1H3. The molecule has 7 heteroatoms. The van der Waals surface area contributed by atoms with Gasteiger partial charge < -0.3 is 9.47 Å². The van der Waals surface area contributed by atoms with Gasteiger partial charge in [0.25, 0.3) is 11.5 Å². The molecule has 2 aromatic heterocycles. The summed E-state index contributed by atoms with van der Waals surface area (Å²) < 4.78 is 16.5. The van der Waals surface area contributed by atoms with Crippen LogP contribution in [0.2, 0.25) is 0 Å². The number of hydrogen-bond acceptors (Lipinski definition) is 3. The summed E-state index contributed by atoms with van der Waals surface area (Å²) in [5.74, 6) is -0.674. The molecule has 0 unspecified atom stereocenters. The molecule has 1 amide bonds. The third-order valence-corrected chi connectivity index (χ3v) is 4.67. The van der Waals surface area contributed by atoms with Crippen LogP contribution in [0.1, 0.15) is 21.6 Å². The molecule has 3 heterocycles. The van der Waals surface area contributed by atoms with Crippen LogP contribution in [0.4, 0.5) is 4.39 Å². The lowest BCUT2D eigenvalue weighted by Gasteiger charge is -2.28. The number of benzene rings is 1. The molecule has 1 aromatic carbocycles. The highest BCUT2D eigenvalue weighted by Gasteiger charge is 2.25. The Kier molecular flexibility index (Phi) is 3.91. The summed E-state index contributed by atoms with van der Waals surface area (Å²) in [6.45, 7) is 3.34. The van der Waals surface area contributed by atoms with Crippen LogP contribution in [0.3, 0.4) is 0 Å². The number of hydrogen-bond donors (Lipinski definition) is 0. The molecule has 0 radical (unpaired) electrons. The van der Waals surface area contributed by atoms with E-state index in [1.54, 1.807) is 36.6 Å². The lowest BCUT2D eigenvalue weighted by Crippen LogP contribution is -2.41. The highest BCUT2D eigenvalue weighted by molar-refractivity contribution is 5.95. The van der Waals surface area contributed by atoms with Crippen LogP contribution in [0.5, 0.6) is 0 Å². The van der Waals surface area contributed by atoms with Crippen LogP contribution in [-0.4, -0.2) is 31.5 Å². The second-order valence-electron chi connectivity index (χ2n) is 6.33. The average molecular weight is 352 g/mol. The van der Waals surface area contributed by atoms with Crippen molar-refractivity contribution in [1.29, 1.82) is 0 Å². The molecule has 1 aliphatic rings. The fourth-order valence-corrected chi connectivity index (χ4v) is 3.21. The molecule has 3 aromatic rings. The number of fused-ring (bicyclic) bond motifs is 1. The fourth-order valence-electron chi connectivity index (χ4n) is 3.21. The number of carbonyl (C=O) groups is 1. The van der Waals surface area contributed by atoms with Crippen molar-refractivity contribution < 1.29 is 9.18 Å². The predicted molar refractivity (Wildman–Crippen MR) is 93.7 cm³/mol. The fraction of sp³-hybridized carbons (Fsp3) is 0.211. The molecule has 0 saturated heterocycles. The first-order chi connectivity index (χ1) is 12.5. The number of carbonyl (C=O) groups excluding carboxylic acids is 1. The molecule has 0 spiro atoms. The van der Waals surface area contributed by atoms with E-state index in [1.165, 1.54) is 28.8 Å². The highest BCUT2D eigenvalue weighted by atomic mass is 19.1. The van der Waals surface area contributed by atoms with Gasteiger partial charge in [0.05, 0.1) is 18.6 Å². The highest BCUT2D eigenvalue weighted by Crippen LogP contribution is 2.16. The van der Waals surface area contributed by atoms with Crippen LogP contribution in [0.25, 0.3) is 5.69 Å². The first-order valence-electron chi connectivity index (χ1n) is 8.31. The molecule has 0 fully saturated rings. The first-order valence-corrected chi connectivity index (χ1v) is 8.31. The molecule has 6 nitrogen and oxygen atoms in total. The second kappa shape index (κ2) is 6.25. The molecule has 4 rings (SSSR count). The smallest absolute Gasteiger partial charge is 0.268 e. The van der Waals surface area contributed by atoms with E-state index in [1.807, 2.05) is 4.57 Å². The van der Waals surface area contributed by atoms with Gasteiger partial charge in [-0.15, -0.1) is 0 Å². The number of imidazole rings is 1. The largest absolute Gasteiger partial charge is 0.331 e. The number of aromatic nitrogens is 3. The monoisotopic (exact) mass is 352 g/mol. The Labute approximate surface area is 149 Å². The summed E-state index contributed by atoms with van der Waals surface area (Å²) in [7, 11) is 0. The molecular formula is C19H17FN4O2. The molecule has 132 valence electrons. The van der Waals surface area contributed by atoms with Crippen molar-refractivity contribution in [2.45, 2.75) is 20.0 Å². The zero-order valence-electron chi connectivity index (χ0n) is 14.2. The van der Waals surface area contributed by atoms with Gasteiger partial charge in [-0.1, -0.05) is 0 Å². The molecule has 0 atom stereocenters. The van der Waals surface area contributed by atoms with Crippen LogP contribution >= 0.6 is 0 Å². The van der Waals surface area contributed by atoms with E-state index in [0.29, 0.717) is 30.9 Å². The van der Waals surface area contributed by atoms with E-state index in [-0.39, 0.29) is 17.3 Å². The molecule has 0 N–H and O–H groups in total. The number of pyridine rings is 1. The molecule has 0 saturated carbocycles. The zero-order chi connectivity index (χ0) is 18.3. The maximum atomic E-state index is 13.2. The van der Waals surface area contributed by atoms with E-state index in [9.17, 15) is 14.0 Å². The van der Waals surface area contributed by atoms with Crippen molar-refractivity contribution >= 4 is 5.91 Å². The van der Waals surface area contributed by atoms with Gasteiger partial charge in [-0.2, -0.15) is 0 Å². The third-order valence-electron chi connectivity index (χ3n) is 4.67. The summed E-state index contributed by atoms with van der Waals surface area (Å²) >= 11 is 0. The quantitative estimate of drug-likeness (QED) is 0.710. The summed E-state index contributed by atoms with van der Waals surface area (Å²) in [5.41, 5.74) is 1.82. The van der Waals surface area contributed by atoms with E-state index in [0.717, 1.165) is 5.69 Å². The summed E-state index contributed by atoms with van der Waals surface area (Å²) in [6.07, 6.45) is 5.08. The summed E-state index contributed by atoms with van der Waals surface area (Å²) in [4.78, 5) is 31.7. The Balaban J connectivity index is 1.72. The summed E-state index contributed by atoms with van der Waals surface area (Å²) in [5, 5.41) is 0. The number of rotatable bonds is 2. The molecule has 0 aliphatic carbocycles. The molecule has 1 aliphatic heterocycles. The zero-order valence-corrected chi connectivity index (χ0v) is 14.2. The maximum absolute atomic E-state index is 13.2. The number of halogens is 1. The third kappa shape index (κ3) is 2.71. The van der Waals surface area contributed by atoms with Gasteiger partial charge in [0.15, 0.2) is 0 Å². The lowest BCUT2D eigenvalue weighted by molar-refractivity contribution is 0.0708. The maximum Gasteiger partial charge on any atom is 0.268 e. The first kappa shape index (κ1) is 16.3. The molecule has 26 heavy (non-hydrogen) atoms. The van der Waals surface area contributed by atoms with Gasteiger partial charge in [-0.3, -0.25) is 14.2 Å². The van der Waals surface area contributed by atoms with Crippen LogP contribution in [-0.2, 0) is 13.1 Å². The Morgan fingerprint density at radius 3 is 2.69 bits per heavy atom. The second-order valence-corrected chi connectivity index (χ2v) is 6.33. The van der Waals surface area contributed by atoms with Crippen molar-refractivity contribution in [2.75, 3.05) is 6.54 Å². The van der Waals surface area contributed by atoms with E-state index < -0.39 is 5.56 Å². The van der Waals surface area contributed by atoms with E-state index in [4.69, 9.17) is 0 Å².